The SMILES string of the molecule is CN(CCC#N)S(=O)(=O)c1ccc(F)c(Cl)c1. The molecule has 17 heavy (non-hydrogen) atoms. The number of hydrogen-bond acceptors (Lipinski definition) is 3. The first-order valence-electron chi connectivity index (χ1n) is 4.68. The van der Waals surface area contributed by atoms with Gasteiger partial charge in [-0.3, -0.25) is 0 Å². The minimum Gasteiger partial charge on any atom is -0.207 e. The van der Waals surface area contributed by atoms with E-state index in [2.05, 4.69) is 0 Å². The van der Waals surface area contributed by atoms with E-state index < -0.39 is 15.8 Å². The molecule has 0 unspecified atom stereocenters. The van der Waals surface area contributed by atoms with E-state index in [1.807, 2.05) is 6.07 Å². The molecule has 92 valence electrons. The van der Waals surface area contributed by atoms with Crippen LogP contribution >= 0.6 is 11.6 Å². The van der Waals surface area contributed by atoms with Crippen molar-refractivity contribution in [1.29, 1.82) is 5.26 Å². The summed E-state index contributed by atoms with van der Waals surface area (Å²) in [5.41, 5.74) is 0. The van der Waals surface area contributed by atoms with E-state index in [0.717, 1.165) is 22.5 Å². The summed E-state index contributed by atoms with van der Waals surface area (Å²) >= 11 is 5.52. The Morgan fingerprint density at radius 3 is 2.71 bits per heavy atom. The zero-order chi connectivity index (χ0) is 13.1. The molecule has 1 rings (SSSR count). The molecule has 7 heteroatoms. The number of halogens is 2. The van der Waals surface area contributed by atoms with Gasteiger partial charge in [-0.15, -0.1) is 0 Å². The first-order chi connectivity index (χ1) is 7.89. The Labute approximate surface area is 104 Å². The third-order valence-corrected chi connectivity index (χ3v) is 4.28. The van der Waals surface area contributed by atoms with Crippen LogP contribution in [0.2, 0.25) is 5.02 Å². The highest BCUT2D eigenvalue weighted by Gasteiger charge is 2.21. The molecule has 0 heterocycles. The molecule has 1 aromatic carbocycles. The van der Waals surface area contributed by atoms with Crippen molar-refractivity contribution in [1.82, 2.24) is 4.31 Å². The lowest BCUT2D eigenvalue weighted by Crippen LogP contribution is -2.27. The van der Waals surface area contributed by atoms with Crippen LogP contribution in [0, 0.1) is 17.1 Å². The summed E-state index contributed by atoms with van der Waals surface area (Å²) in [5, 5.41) is 8.14. The van der Waals surface area contributed by atoms with Gasteiger partial charge in [-0.25, -0.2) is 12.8 Å². The second-order valence-corrected chi connectivity index (χ2v) is 5.76. The largest absolute Gasteiger partial charge is 0.242 e. The number of sulfonamides is 1. The van der Waals surface area contributed by atoms with Crippen LogP contribution in [0.25, 0.3) is 0 Å². The predicted octanol–water partition coefficient (Wildman–Crippen LogP) is 2.01. The number of rotatable bonds is 4. The van der Waals surface area contributed by atoms with Crippen molar-refractivity contribution in [3.8, 4) is 6.07 Å². The van der Waals surface area contributed by atoms with Gasteiger partial charge >= 0.3 is 0 Å². The van der Waals surface area contributed by atoms with Crippen molar-refractivity contribution < 1.29 is 12.8 Å². The molecule has 0 bridgehead atoms. The monoisotopic (exact) mass is 276 g/mol. The molecule has 0 saturated carbocycles. The Bertz CT molecular complexity index is 554. The average molecular weight is 277 g/mol. The number of nitriles is 1. The summed E-state index contributed by atoms with van der Waals surface area (Å²) in [6, 6.07) is 5.03. The molecular formula is C10H10ClFN2O2S. The second kappa shape index (κ2) is 5.45. The van der Waals surface area contributed by atoms with E-state index in [9.17, 15) is 12.8 Å². The van der Waals surface area contributed by atoms with E-state index >= 15 is 0 Å². The summed E-state index contributed by atoms with van der Waals surface area (Å²) < 4.78 is 37.8. The fourth-order valence-electron chi connectivity index (χ4n) is 1.14. The van der Waals surface area contributed by atoms with Crippen LogP contribution in [0.4, 0.5) is 4.39 Å². The van der Waals surface area contributed by atoms with Crippen LogP contribution in [-0.4, -0.2) is 26.3 Å². The maximum atomic E-state index is 12.9. The number of nitrogens with zero attached hydrogens (tertiary/aromatic N) is 2. The molecule has 0 spiro atoms. The highest BCUT2D eigenvalue weighted by atomic mass is 35.5. The highest BCUT2D eigenvalue weighted by Crippen LogP contribution is 2.21. The molecule has 0 atom stereocenters. The van der Waals surface area contributed by atoms with Crippen LogP contribution in [0.3, 0.4) is 0 Å². The summed E-state index contributed by atoms with van der Waals surface area (Å²) in [6.45, 7) is 0.0772. The van der Waals surface area contributed by atoms with Crippen LogP contribution in [0.5, 0.6) is 0 Å². The van der Waals surface area contributed by atoms with E-state index in [0.29, 0.717) is 0 Å². The van der Waals surface area contributed by atoms with Crippen molar-refractivity contribution in [3.05, 3.63) is 29.0 Å². The van der Waals surface area contributed by atoms with Crippen molar-refractivity contribution in [3.63, 3.8) is 0 Å². The molecule has 0 aliphatic carbocycles. The molecule has 0 aliphatic rings. The van der Waals surface area contributed by atoms with Gasteiger partial charge in [0.05, 0.1) is 16.0 Å². The first-order valence-corrected chi connectivity index (χ1v) is 6.49. The molecule has 0 aromatic heterocycles. The highest BCUT2D eigenvalue weighted by molar-refractivity contribution is 7.89. The summed E-state index contributed by atoms with van der Waals surface area (Å²) in [5.74, 6) is -0.676. The zero-order valence-electron chi connectivity index (χ0n) is 9.02. The van der Waals surface area contributed by atoms with E-state index in [1.165, 1.54) is 7.05 Å². The number of hydrogen-bond donors (Lipinski definition) is 0. The molecule has 1 aromatic rings. The van der Waals surface area contributed by atoms with Gasteiger partial charge in [0, 0.05) is 20.0 Å². The lowest BCUT2D eigenvalue weighted by Gasteiger charge is -2.15. The van der Waals surface area contributed by atoms with E-state index in [4.69, 9.17) is 16.9 Å². The Hall–Kier alpha value is -1.16. The molecule has 0 saturated heterocycles. The maximum absolute atomic E-state index is 12.9. The Morgan fingerprint density at radius 1 is 1.53 bits per heavy atom. The van der Waals surface area contributed by atoms with Gasteiger partial charge in [0.2, 0.25) is 10.0 Å². The van der Waals surface area contributed by atoms with E-state index in [1.54, 1.807) is 0 Å². The summed E-state index contributed by atoms with van der Waals surface area (Å²) in [7, 11) is -2.37. The fourth-order valence-corrected chi connectivity index (χ4v) is 2.59. The third-order valence-electron chi connectivity index (χ3n) is 2.14. The van der Waals surface area contributed by atoms with E-state index in [-0.39, 0.29) is 22.9 Å². The molecule has 0 radical (unpaired) electrons. The molecule has 0 fully saturated rings. The van der Waals surface area contributed by atoms with Crippen molar-refractivity contribution in [2.75, 3.05) is 13.6 Å². The molecule has 4 nitrogen and oxygen atoms in total. The van der Waals surface area contributed by atoms with Crippen molar-refractivity contribution >= 4 is 21.6 Å². The minimum atomic E-state index is -3.72. The Morgan fingerprint density at radius 2 is 2.18 bits per heavy atom. The van der Waals surface area contributed by atoms with Crippen molar-refractivity contribution in [2.45, 2.75) is 11.3 Å². The summed E-state index contributed by atoms with van der Waals surface area (Å²) in [6.07, 6.45) is 0.0880. The molecule has 0 amide bonds. The van der Waals surface area contributed by atoms with Crippen LogP contribution in [0.1, 0.15) is 6.42 Å². The fraction of sp³-hybridized carbons (Fsp3) is 0.300. The minimum absolute atomic E-state index is 0.0772. The third kappa shape index (κ3) is 3.16. The maximum Gasteiger partial charge on any atom is 0.242 e. The molecular weight excluding hydrogens is 267 g/mol. The quantitative estimate of drug-likeness (QED) is 0.845. The van der Waals surface area contributed by atoms with Gasteiger partial charge in [0.15, 0.2) is 0 Å². The van der Waals surface area contributed by atoms with Crippen LogP contribution < -0.4 is 0 Å². The number of benzene rings is 1. The zero-order valence-corrected chi connectivity index (χ0v) is 10.6. The summed E-state index contributed by atoms with van der Waals surface area (Å²) in [4.78, 5) is -0.0932. The van der Waals surface area contributed by atoms with Gasteiger partial charge in [-0.05, 0) is 18.2 Å². The topological polar surface area (TPSA) is 61.2 Å². The Kier molecular flexibility index (Phi) is 4.46. The van der Waals surface area contributed by atoms with Gasteiger partial charge in [-0.2, -0.15) is 9.57 Å². The van der Waals surface area contributed by atoms with Crippen molar-refractivity contribution in [2.24, 2.45) is 0 Å². The smallest absolute Gasteiger partial charge is 0.207 e. The van der Waals surface area contributed by atoms with Crippen LogP contribution in [0.15, 0.2) is 23.1 Å². The van der Waals surface area contributed by atoms with Gasteiger partial charge in [-0.1, -0.05) is 11.6 Å². The van der Waals surface area contributed by atoms with Gasteiger partial charge in [0.1, 0.15) is 5.82 Å². The second-order valence-electron chi connectivity index (χ2n) is 3.31. The Balaban J connectivity index is 3.05. The average Bonchev–Trinajstić information content (AvgIpc) is 2.29. The standard InChI is InChI=1S/C10H10ClFN2O2S/c1-14(6-2-5-13)17(15,16)8-3-4-10(12)9(11)7-8/h3-4,7H,2,6H2,1H3. The first kappa shape index (κ1) is 13.9. The van der Waals surface area contributed by atoms with Gasteiger partial charge in [0.25, 0.3) is 0 Å². The van der Waals surface area contributed by atoms with Crippen LogP contribution in [-0.2, 0) is 10.0 Å². The molecule has 0 aliphatic heterocycles. The van der Waals surface area contributed by atoms with Gasteiger partial charge < -0.3 is 0 Å². The lowest BCUT2D eigenvalue weighted by molar-refractivity contribution is 0.476. The molecule has 0 N–H and O–H groups in total. The normalized spacial score (nSPS) is 11.5. The predicted molar refractivity (Wildman–Crippen MR) is 61.5 cm³/mol. The lowest BCUT2D eigenvalue weighted by atomic mass is 10.3.